The molecule has 0 saturated carbocycles. The van der Waals surface area contributed by atoms with Gasteiger partial charge in [-0.3, -0.25) is 9.80 Å². The minimum atomic E-state index is -1.47. The van der Waals surface area contributed by atoms with Crippen LogP contribution >= 0.6 is 0 Å². The number of Topliss-reactive ketones (excluding diaryl/α,β-unsaturated/α-hetero) is 1. The maximum Gasteiger partial charge on any atom is 0.360 e. The first-order valence-corrected chi connectivity index (χ1v) is 4.56. The van der Waals surface area contributed by atoms with Gasteiger partial charge in [-0.15, -0.1) is 0 Å². The molecule has 0 amide bonds. The predicted molar refractivity (Wildman–Crippen MR) is 53.8 cm³/mol. The molecule has 0 aliphatic carbocycles. The number of nitrogens with zero attached hydrogens (tertiary/aromatic N) is 2. The van der Waals surface area contributed by atoms with Crippen molar-refractivity contribution in [1.82, 2.24) is 0 Å². The molecule has 1 aliphatic heterocycles. The first-order valence-electron chi connectivity index (χ1n) is 4.56. The number of rotatable bonds is 2. The zero-order chi connectivity index (χ0) is 12.6. The van der Waals surface area contributed by atoms with E-state index in [0.717, 1.165) is 17.1 Å². The first-order chi connectivity index (χ1) is 7.99. The van der Waals surface area contributed by atoms with Gasteiger partial charge in [0.25, 0.3) is 0 Å². The summed E-state index contributed by atoms with van der Waals surface area (Å²) >= 11 is 0. The summed E-state index contributed by atoms with van der Waals surface area (Å²) in [4.78, 5) is 21.8. The second-order valence-corrected chi connectivity index (χ2v) is 3.33. The van der Waals surface area contributed by atoms with Gasteiger partial charge in [-0.1, -0.05) is 0 Å². The number of benzene rings is 1. The van der Waals surface area contributed by atoms with Crippen LogP contribution in [0, 0.1) is 11.6 Å². The molecule has 1 aliphatic rings. The number of hydrogen-bond acceptors (Lipinski definition) is 4. The Bertz CT molecular complexity index is 542. The van der Waals surface area contributed by atoms with Crippen molar-refractivity contribution in [2.75, 3.05) is 11.6 Å². The zero-order valence-electron chi connectivity index (χ0n) is 8.35. The molecule has 0 unspecified atom stereocenters. The standard InChI is InChI=1S/C10H6F2N2O3/c11-5-1-2-7(6(12)3-5)14-4-8(15)9(13-14)10(16)17/h1-3H,4H2,(H,16,17). The average Bonchev–Trinajstić information content (AvgIpc) is 2.60. The SMILES string of the molecule is O=C(O)C1=NN(c2ccc(F)cc2F)CC1=O. The number of hydrazone groups is 1. The van der Waals surface area contributed by atoms with Crippen LogP contribution in [0.25, 0.3) is 0 Å². The third-order valence-electron chi connectivity index (χ3n) is 2.17. The molecule has 0 fully saturated rings. The molecular formula is C10H6F2N2O3. The number of halogens is 2. The van der Waals surface area contributed by atoms with Gasteiger partial charge >= 0.3 is 5.97 Å². The van der Waals surface area contributed by atoms with Gasteiger partial charge in [0.05, 0.1) is 5.69 Å². The van der Waals surface area contributed by atoms with Gasteiger partial charge in [-0.05, 0) is 12.1 Å². The molecule has 1 aromatic carbocycles. The van der Waals surface area contributed by atoms with Crippen LogP contribution in [0.4, 0.5) is 14.5 Å². The summed E-state index contributed by atoms with van der Waals surface area (Å²) in [6.07, 6.45) is 0. The first kappa shape index (κ1) is 11.2. The van der Waals surface area contributed by atoms with E-state index in [1.54, 1.807) is 0 Å². The Labute approximate surface area is 94.0 Å². The van der Waals surface area contributed by atoms with E-state index >= 15 is 0 Å². The summed E-state index contributed by atoms with van der Waals surface area (Å²) in [6, 6.07) is 2.72. The summed E-state index contributed by atoms with van der Waals surface area (Å²) in [5.74, 6) is -3.87. The number of carbonyl (C=O) groups excluding carboxylic acids is 1. The Morgan fingerprint density at radius 1 is 1.41 bits per heavy atom. The normalized spacial score (nSPS) is 15.1. The van der Waals surface area contributed by atoms with Crippen LogP contribution in [0.1, 0.15) is 0 Å². The molecule has 0 bridgehead atoms. The van der Waals surface area contributed by atoms with Gasteiger partial charge in [-0.25, -0.2) is 13.6 Å². The van der Waals surface area contributed by atoms with Crippen molar-refractivity contribution in [3.05, 3.63) is 29.8 Å². The van der Waals surface area contributed by atoms with Crippen LogP contribution in [0.3, 0.4) is 0 Å². The van der Waals surface area contributed by atoms with E-state index in [1.165, 1.54) is 0 Å². The predicted octanol–water partition coefficient (Wildman–Crippen LogP) is 0.795. The lowest BCUT2D eigenvalue weighted by atomic mass is 10.2. The number of aliphatic carboxylic acids is 1. The number of carbonyl (C=O) groups is 2. The Morgan fingerprint density at radius 3 is 2.65 bits per heavy atom. The summed E-state index contributed by atoms with van der Waals surface area (Å²) in [5, 5.41) is 13.0. The van der Waals surface area contributed by atoms with E-state index in [1.807, 2.05) is 0 Å². The van der Waals surface area contributed by atoms with E-state index < -0.39 is 29.1 Å². The number of anilines is 1. The molecule has 0 spiro atoms. The smallest absolute Gasteiger partial charge is 0.360 e. The molecule has 1 aromatic rings. The van der Waals surface area contributed by atoms with Gasteiger partial charge in [0.1, 0.15) is 12.4 Å². The van der Waals surface area contributed by atoms with Gasteiger partial charge < -0.3 is 5.11 Å². The Balaban J connectivity index is 2.37. The number of ketones is 1. The van der Waals surface area contributed by atoms with Crippen molar-refractivity contribution in [2.24, 2.45) is 5.10 Å². The highest BCUT2D eigenvalue weighted by Gasteiger charge is 2.31. The number of hydrogen-bond donors (Lipinski definition) is 1. The monoisotopic (exact) mass is 240 g/mol. The topological polar surface area (TPSA) is 70.0 Å². The Kier molecular flexibility index (Phi) is 2.58. The van der Waals surface area contributed by atoms with Crippen molar-refractivity contribution < 1.29 is 23.5 Å². The van der Waals surface area contributed by atoms with E-state index in [2.05, 4.69) is 5.10 Å². The molecule has 2 rings (SSSR count). The molecule has 0 atom stereocenters. The van der Waals surface area contributed by atoms with Crippen LogP contribution in [0.15, 0.2) is 23.3 Å². The van der Waals surface area contributed by atoms with Crippen molar-refractivity contribution in [3.8, 4) is 0 Å². The fourth-order valence-corrected chi connectivity index (χ4v) is 1.41. The van der Waals surface area contributed by atoms with Crippen LogP contribution in [-0.4, -0.2) is 29.1 Å². The Morgan fingerprint density at radius 2 is 2.12 bits per heavy atom. The average molecular weight is 240 g/mol. The molecule has 1 N–H and O–H groups in total. The Hall–Kier alpha value is -2.31. The second-order valence-electron chi connectivity index (χ2n) is 3.33. The van der Waals surface area contributed by atoms with Gasteiger partial charge in [-0.2, -0.15) is 5.10 Å². The lowest BCUT2D eigenvalue weighted by Gasteiger charge is -2.12. The number of carboxylic acids is 1. The molecule has 7 heteroatoms. The highest BCUT2D eigenvalue weighted by atomic mass is 19.1. The van der Waals surface area contributed by atoms with Gasteiger partial charge in [0.15, 0.2) is 5.82 Å². The molecule has 88 valence electrons. The molecule has 0 aromatic heterocycles. The minimum Gasteiger partial charge on any atom is -0.476 e. The van der Waals surface area contributed by atoms with Gasteiger partial charge in [0, 0.05) is 6.07 Å². The molecule has 0 saturated heterocycles. The molecule has 5 nitrogen and oxygen atoms in total. The van der Waals surface area contributed by atoms with E-state index in [4.69, 9.17) is 5.11 Å². The van der Waals surface area contributed by atoms with Crippen molar-refractivity contribution in [1.29, 1.82) is 0 Å². The highest BCUT2D eigenvalue weighted by molar-refractivity contribution is 6.65. The lowest BCUT2D eigenvalue weighted by Crippen LogP contribution is -2.23. The van der Waals surface area contributed by atoms with Crippen LogP contribution < -0.4 is 5.01 Å². The zero-order valence-corrected chi connectivity index (χ0v) is 8.35. The second kappa shape index (κ2) is 3.93. The van der Waals surface area contributed by atoms with Crippen molar-refractivity contribution >= 4 is 23.2 Å². The fraction of sp³-hybridized carbons (Fsp3) is 0.100. The van der Waals surface area contributed by atoms with E-state index in [-0.39, 0.29) is 12.2 Å². The number of carboxylic acid groups (broad SMARTS) is 1. The lowest BCUT2D eigenvalue weighted by molar-refractivity contribution is -0.130. The largest absolute Gasteiger partial charge is 0.476 e. The maximum atomic E-state index is 13.3. The third kappa shape index (κ3) is 1.99. The highest BCUT2D eigenvalue weighted by Crippen LogP contribution is 2.22. The van der Waals surface area contributed by atoms with Crippen LogP contribution in [-0.2, 0) is 9.59 Å². The molecule has 17 heavy (non-hydrogen) atoms. The molecule has 1 heterocycles. The summed E-state index contributed by atoms with van der Waals surface area (Å²) in [6.45, 7) is -0.371. The van der Waals surface area contributed by atoms with E-state index in [9.17, 15) is 18.4 Å². The molecule has 0 radical (unpaired) electrons. The molecular weight excluding hydrogens is 234 g/mol. The summed E-state index contributed by atoms with van der Waals surface area (Å²) < 4.78 is 26.0. The van der Waals surface area contributed by atoms with Crippen molar-refractivity contribution in [2.45, 2.75) is 0 Å². The quantitative estimate of drug-likeness (QED) is 0.829. The summed E-state index contributed by atoms with van der Waals surface area (Å²) in [7, 11) is 0. The fourth-order valence-electron chi connectivity index (χ4n) is 1.41. The minimum absolute atomic E-state index is 0.143. The van der Waals surface area contributed by atoms with Crippen LogP contribution in [0.5, 0.6) is 0 Å². The van der Waals surface area contributed by atoms with Crippen molar-refractivity contribution in [3.63, 3.8) is 0 Å². The summed E-state index contributed by atoms with van der Waals surface area (Å²) in [5.41, 5.74) is -0.801. The van der Waals surface area contributed by atoms with E-state index in [0.29, 0.717) is 6.07 Å². The maximum absolute atomic E-state index is 13.3. The van der Waals surface area contributed by atoms with Gasteiger partial charge in [0.2, 0.25) is 11.5 Å². The third-order valence-corrected chi connectivity index (χ3v) is 2.17. The van der Waals surface area contributed by atoms with Crippen LogP contribution in [0.2, 0.25) is 0 Å².